The number of aromatic amines is 2. The first-order chi connectivity index (χ1) is 14.8. The van der Waals surface area contributed by atoms with Gasteiger partial charge in [-0.25, -0.2) is 4.98 Å². The number of nitrogens with one attached hydrogen (secondary N) is 2. The number of hydrogen-bond donors (Lipinski definition) is 3. The number of rotatable bonds is 3. The van der Waals surface area contributed by atoms with Crippen LogP contribution in [-0.2, 0) is 0 Å². The number of nitrogens with zero attached hydrogens (tertiary/aromatic N) is 4. The number of thiophene rings is 1. The fourth-order valence-electron chi connectivity index (χ4n) is 3.65. The van der Waals surface area contributed by atoms with E-state index in [9.17, 15) is 5.11 Å². The van der Waals surface area contributed by atoms with Gasteiger partial charge in [-0.3, -0.25) is 15.1 Å². The first kappa shape index (κ1) is 16.9. The van der Waals surface area contributed by atoms with Gasteiger partial charge in [0, 0.05) is 39.2 Å². The Bertz CT molecular complexity index is 1520. The Balaban J connectivity index is 1.52. The summed E-state index contributed by atoms with van der Waals surface area (Å²) in [7, 11) is 0. The maximum absolute atomic E-state index is 9.75. The largest absolute Gasteiger partial charge is 0.506 e. The van der Waals surface area contributed by atoms with Crippen LogP contribution in [0.5, 0.6) is 5.75 Å². The zero-order valence-electron chi connectivity index (χ0n) is 15.5. The lowest BCUT2D eigenvalue weighted by molar-refractivity contribution is 0.473. The van der Waals surface area contributed by atoms with Crippen molar-refractivity contribution in [2.45, 2.75) is 0 Å². The summed E-state index contributed by atoms with van der Waals surface area (Å²) in [4.78, 5) is 17.6. The van der Waals surface area contributed by atoms with E-state index in [4.69, 9.17) is 0 Å². The minimum atomic E-state index is 0.101. The van der Waals surface area contributed by atoms with Crippen molar-refractivity contribution in [3.05, 3.63) is 66.6 Å². The van der Waals surface area contributed by atoms with E-state index >= 15 is 0 Å². The van der Waals surface area contributed by atoms with E-state index in [1.54, 1.807) is 29.8 Å². The molecule has 144 valence electrons. The van der Waals surface area contributed by atoms with Crippen molar-refractivity contribution in [3.8, 4) is 38.8 Å². The van der Waals surface area contributed by atoms with Gasteiger partial charge in [0.25, 0.3) is 0 Å². The molecule has 30 heavy (non-hydrogen) atoms. The van der Waals surface area contributed by atoms with Crippen LogP contribution in [-0.4, -0.2) is 35.2 Å². The fourth-order valence-corrected chi connectivity index (χ4v) is 4.41. The highest BCUT2D eigenvalue weighted by Crippen LogP contribution is 2.35. The molecule has 0 aliphatic heterocycles. The second kappa shape index (κ2) is 6.50. The number of aromatic hydroxyl groups is 1. The first-order valence-electron chi connectivity index (χ1n) is 9.27. The third kappa shape index (κ3) is 2.66. The highest BCUT2D eigenvalue weighted by Gasteiger charge is 2.15. The first-order valence-corrected chi connectivity index (χ1v) is 10.1. The van der Waals surface area contributed by atoms with Crippen molar-refractivity contribution in [2.24, 2.45) is 0 Å². The Hall–Kier alpha value is -4.04. The second-order valence-electron chi connectivity index (χ2n) is 6.90. The molecular weight excluding hydrogens is 396 g/mol. The number of hydrogen-bond acceptors (Lipinski definition) is 6. The molecule has 0 aromatic carbocycles. The summed E-state index contributed by atoms with van der Waals surface area (Å²) in [5.41, 5.74) is 5.90. The number of pyridine rings is 3. The summed E-state index contributed by atoms with van der Waals surface area (Å²) in [6.07, 6.45) is 6.63. The van der Waals surface area contributed by atoms with Crippen molar-refractivity contribution >= 4 is 33.3 Å². The van der Waals surface area contributed by atoms with Crippen LogP contribution in [0.1, 0.15) is 0 Å². The van der Waals surface area contributed by atoms with Gasteiger partial charge < -0.3 is 10.1 Å². The molecule has 0 bridgehead atoms. The van der Waals surface area contributed by atoms with Crippen molar-refractivity contribution in [1.29, 1.82) is 0 Å². The lowest BCUT2D eigenvalue weighted by atomic mass is 10.1. The third-order valence-electron chi connectivity index (χ3n) is 5.04. The molecule has 8 heteroatoms. The molecule has 0 unspecified atom stereocenters. The third-order valence-corrected chi connectivity index (χ3v) is 5.94. The van der Waals surface area contributed by atoms with Gasteiger partial charge in [-0.15, -0.1) is 11.3 Å². The van der Waals surface area contributed by atoms with Crippen LogP contribution in [0, 0.1) is 0 Å². The van der Waals surface area contributed by atoms with Gasteiger partial charge in [0.2, 0.25) is 0 Å². The minimum Gasteiger partial charge on any atom is -0.506 e. The van der Waals surface area contributed by atoms with E-state index in [1.807, 2.05) is 24.4 Å². The van der Waals surface area contributed by atoms with Gasteiger partial charge in [0.05, 0.1) is 29.3 Å². The molecule has 0 fully saturated rings. The predicted octanol–water partition coefficient (Wildman–Crippen LogP) is 5.00. The second-order valence-corrected chi connectivity index (χ2v) is 7.85. The molecule has 0 aliphatic rings. The smallest absolute Gasteiger partial charge is 0.138 e. The Morgan fingerprint density at radius 1 is 0.967 bits per heavy atom. The summed E-state index contributed by atoms with van der Waals surface area (Å²) < 4.78 is 0. The Kier molecular flexibility index (Phi) is 3.65. The van der Waals surface area contributed by atoms with Crippen LogP contribution in [0.2, 0.25) is 0 Å². The lowest BCUT2D eigenvalue weighted by Gasteiger charge is -2.01. The normalized spacial score (nSPS) is 11.5. The van der Waals surface area contributed by atoms with Gasteiger partial charge >= 0.3 is 0 Å². The maximum atomic E-state index is 9.75. The minimum absolute atomic E-state index is 0.101. The van der Waals surface area contributed by atoms with Gasteiger partial charge in [-0.2, -0.15) is 5.10 Å². The average Bonchev–Trinajstić information content (AvgIpc) is 3.51. The van der Waals surface area contributed by atoms with Gasteiger partial charge in [0.15, 0.2) is 0 Å². The molecule has 0 amide bonds. The molecule has 0 aliphatic carbocycles. The van der Waals surface area contributed by atoms with Crippen molar-refractivity contribution < 1.29 is 5.11 Å². The Morgan fingerprint density at radius 2 is 1.93 bits per heavy atom. The van der Waals surface area contributed by atoms with Gasteiger partial charge in [0.1, 0.15) is 17.1 Å². The van der Waals surface area contributed by atoms with E-state index < -0.39 is 0 Å². The highest BCUT2D eigenvalue weighted by atomic mass is 32.1. The molecule has 7 nitrogen and oxygen atoms in total. The number of H-pyrrole nitrogens is 2. The molecule has 0 saturated carbocycles. The average molecular weight is 410 g/mol. The van der Waals surface area contributed by atoms with Crippen LogP contribution in [0.4, 0.5) is 0 Å². The fraction of sp³-hybridized carbons (Fsp3) is 0. The summed E-state index contributed by atoms with van der Waals surface area (Å²) in [5.74, 6) is 0.101. The maximum Gasteiger partial charge on any atom is 0.138 e. The molecular formula is C22H14N6OS. The molecule has 0 saturated heterocycles. The van der Waals surface area contributed by atoms with Crippen LogP contribution in [0.25, 0.3) is 55.0 Å². The zero-order chi connectivity index (χ0) is 20.1. The van der Waals surface area contributed by atoms with Crippen LogP contribution >= 0.6 is 11.3 Å². The molecule has 3 N–H and O–H groups in total. The van der Waals surface area contributed by atoms with Crippen LogP contribution in [0.15, 0.2) is 66.6 Å². The Labute approximate surface area is 174 Å². The Morgan fingerprint density at radius 3 is 2.80 bits per heavy atom. The zero-order valence-corrected chi connectivity index (χ0v) is 16.3. The summed E-state index contributed by atoms with van der Waals surface area (Å²) in [6.45, 7) is 0. The van der Waals surface area contributed by atoms with E-state index in [1.165, 1.54) is 11.1 Å². The molecule has 6 aromatic heterocycles. The summed E-state index contributed by atoms with van der Waals surface area (Å²) in [6, 6.07) is 11.9. The standard InChI is InChI=1S/C22H14N6OS/c29-13-6-12(9-23-10-13)17-8-16-19(11-25-17)27-28-21(16)18-7-15-14(20-2-1-5-30-20)3-4-24-22(15)26-18/h1-11,29H,(H,24,26)(H,27,28). The number of aromatic nitrogens is 6. The highest BCUT2D eigenvalue weighted by molar-refractivity contribution is 7.13. The van der Waals surface area contributed by atoms with Crippen LogP contribution in [0.3, 0.4) is 0 Å². The quantitative estimate of drug-likeness (QED) is 0.381. The van der Waals surface area contributed by atoms with Gasteiger partial charge in [-0.1, -0.05) is 6.07 Å². The predicted molar refractivity (Wildman–Crippen MR) is 117 cm³/mol. The SMILES string of the molecule is Oc1cncc(-c2cc3c(-c4cc5c(-c6cccs6)ccnc5[nH]4)n[nH]c3cn2)c1. The van der Waals surface area contributed by atoms with E-state index in [-0.39, 0.29) is 5.75 Å². The van der Waals surface area contributed by atoms with Crippen LogP contribution < -0.4 is 0 Å². The van der Waals surface area contributed by atoms with E-state index in [0.717, 1.165) is 44.5 Å². The molecule has 0 radical (unpaired) electrons. The topological polar surface area (TPSA) is 103 Å². The molecule has 6 rings (SSSR count). The van der Waals surface area contributed by atoms with Crippen molar-refractivity contribution in [1.82, 2.24) is 30.1 Å². The van der Waals surface area contributed by atoms with Crippen molar-refractivity contribution in [2.75, 3.05) is 0 Å². The molecule has 0 spiro atoms. The van der Waals surface area contributed by atoms with E-state index in [0.29, 0.717) is 5.69 Å². The number of fused-ring (bicyclic) bond motifs is 2. The van der Waals surface area contributed by atoms with E-state index in [2.05, 4.69) is 47.6 Å². The molecule has 0 atom stereocenters. The molecule has 6 aromatic rings. The summed E-state index contributed by atoms with van der Waals surface area (Å²) >= 11 is 1.70. The van der Waals surface area contributed by atoms with Gasteiger partial charge in [-0.05, 0) is 35.7 Å². The molecule has 6 heterocycles. The monoisotopic (exact) mass is 410 g/mol. The van der Waals surface area contributed by atoms with Crippen molar-refractivity contribution in [3.63, 3.8) is 0 Å². The lowest BCUT2D eigenvalue weighted by Crippen LogP contribution is -1.85. The summed E-state index contributed by atoms with van der Waals surface area (Å²) in [5, 5.41) is 21.4.